The van der Waals surface area contributed by atoms with Crippen LogP contribution in [0, 0.1) is 0 Å². The van der Waals surface area contributed by atoms with Crippen molar-refractivity contribution in [1.29, 1.82) is 0 Å². The molecule has 1 atom stereocenters. The zero-order valence-corrected chi connectivity index (χ0v) is 31.1. The van der Waals surface area contributed by atoms with Crippen LogP contribution in [0.5, 0.6) is 0 Å². The number of carbonyl (C=O) groups excluding carboxylic acids is 2. The number of likely N-dealkylation sites (tertiary alicyclic amines) is 1. The number of hydrogen-bond donors (Lipinski definition) is 1. The number of alkyl halides is 3. The van der Waals surface area contributed by atoms with E-state index in [1.807, 2.05) is 48.5 Å². The minimum atomic E-state index is -4.68. The van der Waals surface area contributed by atoms with E-state index in [0.29, 0.717) is 11.4 Å². The number of aromatic nitrogens is 4. The first-order valence-corrected chi connectivity index (χ1v) is 18.4. The molecule has 0 bridgehead atoms. The van der Waals surface area contributed by atoms with Crippen molar-refractivity contribution in [2.75, 3.05) is 31.6 Å². The van der Waals surface area contributed by atoms with Crippen LogP contribution in [0.3, 0.4) is 0 Å². The van der Waals surface area contributed by atoms with E-state index in [4.69, 9.17) is 0 Å². The molecule has 8 rings (SSSR count). The molecule has 2 fully saturated rings. The first-order valence-electron chi connectivity index (χ1n) is 17.6. The quantitative estimate of drug-likeness (QED) is 0.224. The first-order chi connectivity index (χ1) is 25.8. The molecule has 54 heavy (non-hydrogen) atoms. The fraction of sp³-hybridized carbons (Fsp3) is 0.308. The molecule has 5 aromatic rings. The van der Waals surface area contributed by atoms with Gasteiger partial charge in [-0.05, 0) is 74.5 Å². The highest BCUT2D eigenvalue weighted by Gasteiger charge is 2.51. The number of halogens is 4. The van der Waals surface area contributed by atoms with E-state index in [0.717, 1.165) is 48.9 Å². The molecule has 2 saturated heterocycles. The number of amides is 2. The zero-order chi connectivity index (χ0) is 37.9. The highest BCUT2D eigenvalue weighted by atomic mass is 79.9. The number of benzene rings is 3. The van der Waals surface area contributed by atoms with Gasteiger partial charge in [0.05, 0.1) is 34.7 Å². The number of hydrogen-bond acceptors (Lipinski definition) is 7. The third kappa shape index (κ3) is 6.18. The third-order valence-corrected chi connectivity index (χ3v) is 11.7. The number of nitrogens with zero attached hydrogens (tertiary/aromatic N) is 7. The molecule has 3 aliphatic rings. The molecule has 5 heterocycles. The van der Waals surface area contributed by atoms with Gasteiger partial charge < -0.3 is 15.1 Å². The van der Waals surface area contributed by atoms with E-state index in [-0.39, 0.29) is 46.6 Å². The highest BCUT2D eigenvalue weighted by Crippen LogP contribution is 2.40. The Balaban J connectivity index is 1.14. The molecule has 3 aromatic carbocycles. The summed E-state index contributed by atoms with van der Waals surface area (Å²) < 4.78 is 44.0. The number of nitrogens with one attached hydrogen (secondary N) is 1. The minimum absolute atomic E-state index is 0.0356. The maximum atomic E-state index is 14.4. The first kappa shape index (κ1) is 35.7. The summed E-state index contributed by atoms with van der Waals surface area (Å²) >= 11 is 2.94. The van der Waals surface area contributed by atoms with E-state index in [2.05, 4.69) is 48.1 Å². The Bertz CT molecular complexity index is 2320. The van der Waals surface area contributed by atoms with Crippen molar-refractivity contribution in [2.45, 2.75) is 50.7 Å². The summed E-state index contributed by atoms with van der Waals surface area (Å²) in [4.78, 5) is 57.0. The van der Waals surface area contributed by atoms with Crippen LogP contribution in [-0.4, -0.2) is 79.0 Å². The molecule has 2 aromatic heterocycles. The number of rotatable bonds is 7. The van der Waals surface area contributed by atoms with Crippen LogP contribution in [0.4, 0.5) is 18.9 Å². The van der Waals surface area contributed by atoms with Crippen molar-refractivity contribution >= 4 is 33.4 Å². The summed E-state index contributed by atoms with van der Waals surface area (Å²) in [6, 6.07) is 19.5. The lowest BCUT2D eigenvalue weighted by molar-refractivity contribution is -0.138. The van der Waals surface area contributed by atoms with Gasteiger partial charge in [-0.25, -0.2) is 14.8 Å². The second kappa shape index (κ2) is 13.5. The van der Waals surface area contributed by atoms with Crippen molar-refractivity contribution in [3.05, 3.63) is 128 Å². The average Bonchev–Trinajstić information content (AvgIpc) is 3.43. The van der Waals surface area contributed by atoms with Crippen LogP contribution >= 0.6 is 15.9 Å². The van der Waals surface area contributed by atoms with Gasteiger partial charge in [0.1, 0.15) is 12.0 Å². The molecule has 1 spiro atoms. The van der Waals surface area contributed by atoms with Gasteiger partial charge in [0.25, 0.3) is 11.8 Å². The van der Waals surface area contributed by atoms with Crippen molar-refractivity contribution < 1.29 is 22.8 Å². The summed E-state index contributed by atoms with van der Waals surface area (Å²) in [5, 5.41) is 2.99. The lowest BCUT2D eigenvalue weighted by atomic mass is 9.78. The van der Waals surface area contributed by atoms with Crippen LogP contribution in [0.1, 0.15) is 51.0 Å². The third-order valence-electron chi connectivity index (χ3n) is 11.0. The molecule has 0 aliphatic carbocycles. The molecular formula is C39H36BrF3N8O3. The van der Waals surface area contributed by atoms with Crippen molar-refractivity contribution in [3.63, 3.8) is 0 Å². The van der Waals surface area contributed by atoms with Crippen LogP contribution in [0.2, 0.25) is 0 Å². The summed E-state index contributed by atoms with van der Waals surface area (Å²) in [5.41, 5.74) is 2.70. The van der Waals surface area contributed by atoms with Gasteiger partial charge in [-0.1, -0.05) is 40.2 Å². The van der Waals surface area contributed by atoms with Gasteiger partial charge >= 0.3 is 11.9 Å². The van der Waals surface area contributed by atoms with E-state index < -0.39 is 35.3 Å². The number of anilines is 1. The topological polar surface area (TPSA) is 109 Å². The fourth-order valence-electron chi connectivity index (χ4n) is 7.75. The SMILES string of the molecule is C[C@H]1Cn2c(c(C(=O)NCc3ccccc3-c3ccncn3)n(-c3ccc(N4CC5(CCN5C)C4)cc3)c2=O)CN1C(=O)c1ccc(Br)c(C(F)(F)F)c1. The molecule has 278 valence electrons. The van der Waals surface area contributed by atoms with Gasteiger partial charge in [-0.2, -0.15) is 13.2 Å². The second-order valence-electron chi connectivity index (χ2n) is 14.2. The van der Waals surface area contributed by atoms with Gasteiger partial charge in [0, 0.05) is 66.2 Å². The fourth-order valence-corrected chi connectivity index (χ4v) is 8.22. The predicted molar refractivity (Wildman–Crippen MR) is 199 cm³/mol. The Morgan fingerprint density at radius 2 is 1.76 bits per heavy atom. The Labute approximate surface area is 317 Å². The monoisotopic (exact) mass is 800 g/mol. The van der Waals surface area contributed by atoms with Crippen molar-refractivity contribution in [2.24, 2.45) is 0 Å². The lowest BCUT2D eigenvalue weighted by Gasteiger charge is -2.62. The molecule has 2 amide bonds. The highest BCUT2D eigenvalue weighted by molar-refractivity contribution is 9.10. The van der Waals surface area contributed by atoms with Gasteiger partial charge in [0.2, 0.25) is 0 Å². The summed E-state index contributed by atoms with van der Waals surface area (Å²) in [7, 11) is 2.14. The predicted octanol–water partition coefficient (Wildman–Crippen LogP) is 5.75. The molecule has 3 aliphatic heterocycles. The molecule has 0 unspecified atom stereocenters. The van der Waals surface area contributed by atoms with E-state index >= 15 is 0 Å². The molecule has 15 heteroatoms. The molecular weight excluding hydrogens is 765 g/mol. The number of imidazole rings is 1. The summed E-state index contributed by atoms with van der Waals surface area (Å²) in [5.74, 6) is -1.20. The van der Waals surface area contributed by atoms with Gasteiger partial charge in [-0.3, -0.25) is 23.6 Å². The number of carbonyl (C=O) groups is 2. The average molecular weight is 802 g/mol. The van der Waals surface area contributed by atoms with E-state index in [1.165, 1.54) is 32.5 Å². The summed E-state index contributed by atoms with van der Waals surface area (Å²) in [6.45, 7) is 4.60. The van der Waals surface area contributed by atoms with Crippen LogP contribution in [0.25, 0.3) is 16.9 Å². The van der Waals surface area contributed by atoms with Crippen LogP contribution in [-0.2, 0) is 25.8 Å². The Hall–Kier alpha value is -5.28. The maximum Gasteiger partial charge on any atom is 0.417 e. The largest absolute Gasteiger partial charge is 0.417 e. The Morgan fingerprint density at radius 3 is 2.43 bits per heavy atom. The number of likely N-dealkylation sites (N-methyl/N-ethyl adjacent to an activating group) is 1. The Morgan fingerprint density at radius 1 is 1.02 bits per heavy atom. The molecule has 0 saturated carbocycles. The normalized spacial score (nSPS) is 17.9. The molecule has 0 radical (unpaired) electrons. The van der Waals surface area contributed by atoms with Gasteiger partial charge in [0.15, 0.2) is 0 Å². The molecule has 1 N–H and O–H groups in total. The maximum absolute atomic E-state index is 14.4. The minimum Gasteiger partial charge on any atom is -0.368 e. The standard InChI is InChI=1S/C39H36BrF3N8O3/c1-24-19-50-33(20-49(24)36(53)25-7-12-31(40)30(17-25)39(41,42)43)34(35(52)45-18-26-5-3-4-6-29(26)32-13-15-44-23-46-32)51(37(50)54)28-10-8-27(9-11-28)48-21-38(22-48)14-16-47(38)2/h3-13,15,17,23-24H,14,16,18-22H2,1-2H3,(H,45,52)/t24-/m0/s1. The Kier molecular flexibility index (Phi) is 8.96. The lowest BCUT2D eigenvalue weighted by Crippen LogP contribution is -2.75. The van der Waals surface area contributed by atoms with Crippen LogP contribution in [0.15, 0.2) is 94.6 Å². The van der Waals surface area contributed by atoms with Crippen molar-refractivity contribution in [3.8, 4) is 16.9 Å². The van der Waals surface area contributed by atoms with E-state index in [9.17, 15) is 27.6 Å². The van der Waals surface area contributed by atoms with Gasteiger partial charge in [-0.15, -0.1) is 0 Å². The van der Waals surface area contributed by atoms with Crippen LogP contribution < -0.4 is 15.9 Å². The second-order valence-corrected chi connectivity index (χ2v) is 15.1. The van der Waals surface area contributed by atoms with E-state index in [1.54, 1.807) is 19.2 Å². The zero-order valence-electron chi connectivity index (χ0n) is 29.5. The summed E-state index contributed by atoms with van der Waals surface area (Å²) in [6.07, 6.45) is -0.444. The smallest absolute Gasteiger partial charge is 0.368 e. The van der Waals surface area contributed by atoms with Crippen molar-refractivity contribution in [1.82, 2.24) is 34.2 Å². The molecule has 11 nitrogen and oxygen atoms in total. The number of fused-ring (bicyclic) bond motifs is 1.